The number of hydrogen-bond donors (Lipinski definition) is 12. The third-order valence-corrected chi connectivity index (χ3v) is 0. The fraction of sp³-hybridized carbons (Fsp3) is 0. The molecule has 12 N–H and O–H groups in total. The Morgan fingerprint density at radius 2 is 0.333 bits per heavy atom. The molecule has 1 radical (unpaired) electrons. The Hall–Kier alpha value is 0.946. The normalized spacial score (nSPS) is 11.2. The van der Waals surface area contributed by atoms with Gasteiger partial charge in [-0.05, 0) is 0 Å². The third kappa shape index (κ3) is 8390. The molecule has 16 nitrogen and oxygen atoms in total. The van der Waals surface area contributed by atoms with Gasteiger partial charge in [0.2, 0.25) is 0 Å². The molecule has 0 aliphatic carbocycles. The third-order valence-electron chi connectivity index (χ3n) is 0. The fourth-order valence-corrected chi connectivity index (χ4v) is 0. The zero-order valence-electron chi connectivity index (χ0n) is 9.12. The summed E-state index contributed by atoms with van der Waals surface area (Å²) in [5.41, 5.74) is 0. The zero-order chi connectivity index (χ0) is 18.0. The van der Waals surface area contributed by atoms with Crippen LogP contribution < -0.4 is 0 Å². The molecule has 137 valence electrons. The average Bonchev–Trinajstić information content (AvgIpc) is 1.62. The van der Waals surface area contributed by atoms with E-state index in [1.165, 1.54) is 0 Å². The predicted octanol–water partition coefficient (Wildman–Crippen LogP) is -3.72. The number of hydrogen-bond acceptors (Lipinski definition) is 4. The van der Waals surface area contributed by atoms with E-state index in [9.17, 15) is 0 Å². The minimum Gasteiger partial charge on any atom is -0.303 e. The van der Waals surface area contributed by atoms with Crippen molar-refractivity contribution in [2.24, 2.45) is 0 Å². The topological polar surface area (TPSA) is 311 Å². The number of phosphoric acid groups is 4. The van der Waals surface area contributed by atoms with Crippen molar-refractivity contribution in [1.29, 1.82) is 0 Å². The van der Waals surface area contributed by atoms with E-state index in [2.05, 4.69) is 0 Å². The Bertz CT molecular complexity index is 285. The quantitative estimate of drug-likeness (QED) is 0.158. The molecule has 0 saturated heterocycles. The second-order valence-electron chi connectivity index (χ2n) is 2.05. The van der Waals surface area contributed by atoms with Gasteiger partial charge < -0.3 is 58.7 Å². The fourth-order valence-electron chi connectivity index (χ4n) is 0. The molecule has 0 rings (SSSR count). The smallest absolute Gasteiger partial charge is 0.303 e. The number of rotatable bonds is 0. The zero-order valence-corrected chi connectivity index (χ0v) is 13.7. The van der Waals surface area contributed by atoms with Crippen LogP contribution >= 0.6 is 31.3 Å². The van der Waals surface area contributed by atoms with Crippen LogP contribution in [0.4, 0.5) is 0 Å². The summed E-state index contributed by atoms with van der Waals surface area (Å²) in [5, 5.41) is 0. The molecular formula is H12CoO16P4. The molecule has 0 saturated carbocycles. The molecule has 0 bridgehead atoms. The van der Waals surface area contributed by atoms with Gasteiger partial charge in [-0.1, -0.05) is 0 Å². The van der Waals surface area contributed by atoms with Crippen LogP contribution in [0.3, 0.4) is 0 Å². The van der Waals surface area contributed by atoms with Gasteiger partial charge in [0.25, 0.3) is 0 Å². The summed E-state index contributed by atoms with van der Waals surface area (Å²) < 4.78 is 35.5. The molecule has 21 heteroatoms. The largest absolute Gasteiger partial charge is 0.466 e. The van der Waals surface area contributed by atoms with Gasteiger partial charge in [-0.3, -0.25) is 0 Å². The van der Waals surface area contributed by atoms with Gasteiger partial charge in [-0.2, -0.15) is 0 Å². The predicted molar refractivity (Wildman–Crippen MR) is 57.1 cm³/mol. The van der Waals surface area contributed by atoms with Crippen molar-refractivity contribution >= 4 is 31.3 Å². The van der Waals surface area contributed by atoms with Crippen molar-refractivity contribution in [3.63, 3.8) is 0 Å². The van der Waals surface area contributed by atoms with Crippen molar-refractivity contribution in [1.82, 2.24) is 0 Å². The van der Waals surface area contributed by atoms with Crippen LogP contribution in [0, 0.1) is 0 Å². The van der Waals surface area contributed by atoms with E-state index in [0.29, 0.717) is 0 Å². The first kappa shape index (κ1) is 33.5. The van der Waals surface area contributed by atoms with Gasteiger partial charge in [-0.15, -0.1) is 0 Å². The van der Waals surface area contributed by atoms with E-state index in [1.807, 2.05) is 0 Å². The summed E-state index contributed by atoms with van der Waals surface area (Å²) in [7, 11) is -18.6. The average molecular weight is 451 g/mol. The Kier molecular flexibility index (Phi) is 21.4. The van der Waals surface area contributed by atoms with E-state index in [-0.39, 0.29) is 16.8 Å². The molecule has 0 heterocycles. The first-order valence-electron chi connectivity index (χ1n) is 3.13. The van der Waals surface area contributed by atoms with E-state index in [4.69, 9.17) is 77.0 Å². The summed E-state index contributed by atoms with van der Waals surface area (Å²) in [6, 6.07) is 0. The van der Waals surface area contributed by atoms with Gasteiger partial charge in [0.05, 0.1) is 0 Å². The first-order chi connectivity index (χ1) is 8.00. The van der Waals surface area contributed by atoms with Gasteiger partial charge in [-0.25, -0.2) is 18.3 Å². The van der Waals surface area contributed by atoms with Gasteiger partial charge in [0.1, 0.15) is 0 Å². The van der Waals surface area contributed by atoms with E-state index in [0.717, 1.165) is 0 Å². The van der Waals surface area contributed by atoms with Crippen LogP contribution in [0.2, 0.25) is 0 Å². The van der Waals surface area contributed by atoms with Crippen LogP contribution in [0.1, 0.15) is 0 Å². The van der Waals surface area contributed by atoms with Crippen LogP contribution in [-0.2, 0) is 35.0 Å². The van der Waals surface area contributed by atoms with E-state index in [1.54, 1.807) is 0 Å². The van der Waals surface area contributed by atoms with Crippen molar-refractivity contribution in [3.05, 3.63) is 0 Å². The van der Waals surface area contributed by atoms with Crippen molar-refractivity contribution in [3.8, 4) is 0 Å². The summed E-state index contributed by atoms with van der Waals surface area (Å²) in [6.45, 7) is 0. The molecule has 0 aliphatic heterocycles. The minimum absolute atomic E-state index is 0. The molecule has 0 atom stereocenters. The van der Waals surface area contributed by atoms with Gasteiger partial charge >= 0.3 is 31.3 Å². The Balaban J connectivity index is -0.0000000533. The maximum Gasteiger partial charge on any atom is 0.466 e. The van der Waals surface area contributed by atoms with Crippen molar-refractivity contribution in [2.45, 2.75) is 0 Å². The minimum atomic E-state index is -4.64. The molecule has 0 spiro atoms. The molecule has 0 aromatic carbocycles. The van der Waals surface area contributed by atoms with Gasteiger partial charge in [0.15, 0.2) is 0 Å². The summed E-state index contributed by atoms with van der Waals surface area (Å²) in [6.07, 6.45) is 0. The van der Waals surface area contributed by atoms with Crippen molar-refractivity contribution in [2.75, 3.05) is 0 Å². The van der Waals surface area contributed by atoms with E-state index < -0.39 is 31.3 Å². The van der Waals surface area contributed by atoms with Crippen molar-refractivity contribution < 1.29 is 93.8 Å². The first-order valence-corrected chi connectivity index (χ1v) is 9.39. The molecule has 0 fully saturated rings. The maximum atomic E-state index is 8.88. The Labute approximate surface area is 125 Å². The van der Waals surface area contributed by atoms with Crippen LogP contribution in [0.25, 0.3) is 0 Å². The summed E-state index contributed by atoms with van der Waals surface area (Å²) in [5.74, 6) is 0. The monoisotopic (exact) mass is 451 g/mol. The molecule has 21 heavy (non-hydrogen) atoms. The molecule has 0 amide bonds. The molecule has 0 unspecified atom stereocenters. The van der Waals surface area contributed by atoms with Crippen LogP contribution in [0.15, 0.2) is 0 Å². The standard InChI is InChI=1S/Co.4H3O4P/c;4*1-5(2,3)4/h;4*(H3,1,2,3,4). The molecular weight excluding hydrogens is 439 g/mol. The Morgan fingerprint density at radius 1 is 0.333 bits per heavy atom. The second-order valence-corrected chi connectivity index (χ2v) is 6.16. The SMILES string of the molecule is O=P(O)(O)O.O=P(O)(O)O.O=P(O)(O)O.O=P(O)(O)O.[Co]. The Morgan fingerprint density at radius 3 is 0.333 bits per heavy atom. The second kappa shape index (κ2) is 13.4. The molecule has 0 aromatic heterocycles. The maximum absolute atomic E-state index is 8.88. The van der Waals surface area contributed by atoms with Gasteiger partial charge in [0, 0.05) is 16.8 Å². The summed E-state index contributed by atoms with van der Waals surface area (Å²) >= 11 is 0. The van der Waals surface area contributed by atoms with Crippen LogP contribution in [0.5, 0.6) is 0 Å². The van der Waals surface area contributed by atoms with E-state index >= 15 is 0 Å². The molecule has 0 aromatic rings. The molecule has 0 aliphatic rings. The van der Waals surface area contributed by atoms with Crippen LogP contribution in [-0.4, -0.2) is 58.7 Å². The summed E-state index contributed by atoms with van der Waals surface area (Å²) in [4.78, 5) is 86.2.